The van der Waals surface area contributed by atoms with Gasteiger partial charge in [-0.1, -0.05) is 0 Å². The maximum atomic E-state index is 4.45. The number of anilines is 1. The molecule has 4 aromatic heterocycles. The molecule has 1 aliphatic heterocycles. The maximum absolute atomic E-state index is 4.45. The largest absolute Gasteiger partial charge is 0.356 e. The zero-order valence-corrected chi connectivity index (χ0v) is 14.1. The van der Waals surface area contributed by atoms with Crippen LogP contribution in [-0.4, -0.2) is 42.6 Å². The number of rotatable bonds is 2. The Kier molecular flexibility index (Phi) is 3.19. The van der Waals surface area contributed by atoms with Gasteiger partial charge in [-0.3, -0.25) is 0 Å². The van der Waals surface area contributed by atoms with E-state index in [1.165, 1.54) is 17.4 Å². The van der Waals surface area contributed by atoms with Crippen LogP contribution in [0, 0.1) is 6.92 Å². The predicted octanol–water partition coefficient (Wildman–Crippen LogP) is 2.69. The molecule has 4 aromatic rings. The van der Waals surface area contributed by atoms with Crippen LogP contribution in [-0.2, 0) is 0 Å². The molecule has 0 saturated carbocycles. The van der Waals surface area contributed by atoms with Crippen LogP contribution >= 0.6 is 0 Å². The SMILES string of the molecule is Cc1cc(N2CCCC(c3c[nH]c4ncccc34)C2)n2ncnc2n1. The van der Waals surface area contributed by atoms with Crippen molar-refractivity contribution in [2.75, 3.05) is 18.0 Å². The molecule has 0 radical (unpaired) electrons. The average molecular weight is 333 g/mol. The van der Waals surface area contributed by atoms with E-state index < -0.39 is 0 Å². The monoisotopic (exact) mass is 333 g/mol. The van der Waals surface area contributed by atoms with Crippen LogP contribution in [0.1, 0.15) is 30.0 Å². The molecule has 1 atom stereocenters. The van der Waals surface area contributed by atoms with Gasteiger partial charge >= 0.3 is 0 Å². The standard InChI is InChI=1S/C18H19N7/c1-12-8-16(25-18(23-12)21-11-22-25)24-7-3-4-13(10-24)15-9-20-17-14(15)5-2-6-19-17/h2,5-6,8-9,11,13H,3-4,7,10H2,1H3,(H,19,20). The van der Waals surface area contributed by atoms with Gasteiger partial charge in [0.05, 0.1) is 0 Å². The van der Waals surface area contributed by atoms with E-state index in [1.807, 2.05) is 23.7 Å². The van der Waals surface area contributed by atoms with Crippen molar-refractivity contribution in [2.45, 2.75) is 25.7 Å². The Labute approximate surface area is 144 Å². The van der Waals surface area contributed by atoms with Crippen molar-refractivity contribution in [3.63, 3.8) is 0 Å². The molecule has 1 N–H and O–H groups in total. The molecule has 7 heteroatoms. The molecule has 25 heavy (non-hydrogen) atoms. The molecule has 5 heterocycles. The van der Waals surface area contributed by atoms with Gasteiger partial charge in [0.25, 0.3) is 5.78 Å². The fourth-order valence-corrected chi connectivity index (χ4v) is 3.89. The number of hydrogen-bond donors (Lipinski definition) is 1. The number of nitrogens with one attached hydrogen (secondary N) is 1. The van der Waals surface area contributed by atoms with Gasteiger partial charge in [0, 0.05) is 48.5 Å². The third kappa shape index (κ3) is 2.34. The van der Waals surface area contributed by atoms with Gasteiger partial charge in [-0.2, -0.15) is 14.6 Å². The topological polar surface area (TPSA) is 75.0 Å². The summed E-state index contributed by atoms with van der Waals surface area (Å²) in [5.74, 6) is 2.20. The van der Waals surface area contributed by atoms with E-state index in [0.29, 0.717) is 11.7 Å². The zero-order chi connectivity index (χ0) is 16.8. The van der Waals surface area contributed by atoms with E-state index >= 15 is 0 Å². The second kappa shape index (κ2) is 5.54. The van der Waals surface area contributed by atoms with Gasteiger partial charge in [-0.05, 0) is 37.5 Å². The third-order valence-electron chi connectivity index (χ3n) is 5.03. The molecule has 0 amide bonds. The van der Waals surface area contributed by atoms with Crippen LogP contribution in [0.25, 0.3) is 16.8 Å². The third-order valence-corrected chi connectivity index (χ3v) is 5.03. The molecule has 1 unspecified atom stereocenters. The number of aromatic nitrogens is 6. The van der Waals surface area contributed by atoms with Crippen molar-refractivity contribution in [3.05, 3.63) is 48.2 Å². The number of H-pyrrole nitrogens is 1. The van der Waals surface area contributed by atoms with Gasteiger partial charge < -0.3 is 9.88 Å². The first-order chi connectivity index (χ1) is 12.3. The van der Waals surface area contributed by atoms with Crippen LogP contribution in [0.15, 0.2) is 36.9 Å². The van der Waals surface area contributed by atoms with E-state index in [9.17, 15) is 0 Å². The highest BCUT2D eigenvalue weighted by Crippen LogP contribution is 2.33. The molecule has 7 nitrogen and oxygen atoms in total. The molecule has 0 spiro atoms. The summed E-state index contributed by atoms with van der Waals surface area (Å²) in [5, 5.41) is 5.59. The van der Waals surface area contributed by atoms with E-state index in [2.05, 4.69) is 48.3 Å². The summed E-state index contributed by atoms with van der Waals surface area (Å²) < 4.78 is 1.84. The summed E-state index contributed by atoms with van der Waals surface area (Å²) >= 11 is 0. The van der Waals surface area contributed by atoms with E-state index in [4.69, 9.17) is 0 Å². The fraction of sp³-hybridized carbons (Fsp3) is 0.333. The summed E-state index contributed by atoms with van der Waals surface area (Å²) in [6.45, 7) is 3.99. The van der Waals surface area contributed by atoms with Crippen LogP contribution < -0.4 is 4.90 Å². The van der Waals surface area contributed by atoms with Crippen molar-refractivity contribution >= 4 is 22.6 Å². The second-order valence-electron chi connectivity index (χ2n) is 6.66. The second-order valence-corrected chi connectivity index (χ2v) is 6.66. The molecule has 1 fully saturated rings. The van der Waals surface area contributed by atoms with Gasteiger partial charge in [0.15, 0.2) is 0 Å². The Balaban J connectivity index is 1.53. The van der Waals surface area contributed by atoms with Crippen LogP contribution in [0.5, 0.6) is 0 Å². The molecule has 126 valence electrons. The normalized spacial score (nSPS) is 18.3. The van der Waals surface area contributed by atoms with Crippen molar-refractivity contribution in [1.82, 2.24) is 29.5 Å². The average Bonchev–Trinajstić information content (AvgIpc) is 3.27. The predicted molar refractivity (Wildman–Crippen MR) is 95.8 cm³/mol. The number of pyridine rings is 1. The van der Waals surface area contributed by atoms with E-state index in [-0.39, 0.29) is 0 Å². The molecular formula is C18H19N7. The molecule has 1 saturated heterocycles. The van der Waals surface area contributed by atoms with Gasteiger partial charge in [0.2, 0.25) is 0 Å². The maximum Gasteiger partial charge on any atom is 0.254 e. The summed E-state index contributed by atoms with van der Waals surface area (Å²) in [6.07, 6.45) is 7.85. The lowest BCUT2D eigenvalue weighted by Gasteiger charge is -2.34. The van der Waals surface area contributed by atoms with Crippen molar-refractivity contribution < 1.29 is 0 Å². The molecule has 0 bridgehead atoms. The highest BCUT2D eigenvalue weighted by molar-refractivity contribution is 5.80. The summed E-state index contributed by atoms with van der Waals surface area (Å²) in [6, 6.07) is 6.26. The molecule has 5 rings (SSSR count). The highest BCUT2D eigenvalue weighted by Gasteiger charge is 2.25. The van der Waals surface area contributed by atoms with Crippen LogP contribution in [0.4, 0.5) is 5.82 Å². The smallest absolute Gasteiger partial charge is 0.254 e. The van der Waals surface area contributed by atoms with Crippen LogP contribution in [0.3, 0.4) is 0 Å². The number of fused-ring (bicyclic) bond motifs is 2. The fourth-order valence-electron chi connectivity index (χ4n) is 3.89. The summed E-state index contributed by atoms with van der Waals surface area (Å²) in [7, 11) is 0. The van der Waals surface area contributed by atoms with Crippen molar-refractivity contribution in [1.29, 1.82) is 0 Å². The summed E-state index contributed by atoms with van der Waals surface area (Å²) in [5.41, 5.74) is 3.29. The number of aromatic amines is 1. The molecular weight excluding hydrogens is 314 g/mol. The Bertz CT molecular complexity index is 1050. The van der Waals surface area contributed by atoms with E-state index in [0.717, 1.165) is 36.7 Å². The Morgan fingerprint density at radius 2 is 2.24 bits per heavy atom. The number of aryl methyl sites for hydroxylation is 1. The minimum atomic E-state index is 0.471. The molecule has 0 aliphatic carbocycles. The van der Waals surface area contributed by atoms with Crippen molar-refractivity contribution in [3.8, 4) is 0 Å². The first kappa shape index (κ1) is 14.4. The van der Waals surface area contributed by atoms with Gasteiger partial charge in [-0.25, -0.2) is 9.97 Å². The summed E-state index contributed by atoms with van der Waals surface area (Å²) in [4.78, 5) is 18.8. The van der Waals surface area contributed by atoms with Gasteiger partial charge in [-0.15, -0.1) is 0 Å². The Hall–Kier alpha value is -2.96. The Morgan fingerprint density at radius 1 is 1.28 bits per heavy atom. The lowest BCUT2D eigenvalue weighted by molar-refractivity contribution is 0.506. The number of nitrogens with zero attached hydrogens (tertiary/aromatic N) is 6. The Morgan fingerprint density at radius 3 is 3.20 bits per heavy atom. The minimum absolute atomic E-state index is 0.471. The lowest BCUT2D eigenvalue weighted by Crippen LogP contribution is -2.35. The quantitative estimate of drug-likeness (QED) is 0.610. The van der Waals surface area contributed by atoms with Crippen LogP contribution in [0.2, 0.25) is 0 Å². The first-order valence-electron chi connectivity index (χ1n) is 8.64. The van der Waals surface area contributed by atoms with E-state index in [1.54, 1.807) is 6.33 Å². The number of piperidine rings is 1. The molecule has 0 aromatic carbocycles. The zero-order valence-electron chi connectivity index (χ0n) is 14.1. The van der Waals surface area contributed by atoms with Gasteiger partial charge in [0.1, 0.15) is 17.8 Å². The number of hydrogen-bond acceptors (Lipinski definition) is 5. The van der Waals surface area contributed by atoms with Crippen molar-refractivity contribution in [2.24, 2.45) is 0 Å². The molecule has 1 aliphatic rings. The first-order valence-corrected chi connectivity index (χ1v) is 8.64. The minimum Gasteiger partial charge on any atom is -0.356 e. The lowest BCUT2D eigenvalue weighted by atomic mass is 9.90. The highest BCUT2D eigenvalue weighted by atomic mass is 15.4.